The number of hydrogen-bond acceptors (Lipinski definition) is 0. The van der Waals surface area contributed by atoms with E-state index in [-0.39, 0.29) is 0 Å². The highest BCUT2D eigenvalue weighted by Gasteiger charge is 2.26. The molecular weight excluding hydrogens is 312 g/mol. The third-order valence-electron chi connectivity index (χ3n) is 7.11. The molecule has 0 N–H and O–H groups in total. The van der Waals surface area contributed by atoms with E-state index in [1.165, 1.54) is 63.4 Å². The van der Waals surface area contributed by atoms with Crippen LogP contribution in [-0.4, -0.2) is 0 Å². The summed E-state index contributed by atoms with van der Waals surface area (Å²) in [7, 11) is 0. The molecule has 0 aromatic rings. The molecule has 0 heteroatoms. The molecule has 1 aliphatic rings. The third kappa shape index (κ3) is 8.92. The molecule has 0 fully saturated rings. The van der Waals surface area contributed by atoms with E-state index in [0.29, 0.717) is 10.8 Å². The minimum atomic E-state index is 0.408. The summed E-state index contributed by atoms with van der Waals surface area (Å²) in [5, 5.41) is 0. The fourth-order valence-corrected chi connectivity index (χ4v) is 4.18. The van der Waals surface area contributed by atoms with Gasteiger partial charge >= 0.3 is 0 Å². The van der Waals surface area contributed by atoms with Crippen LogP contribution in [0.5, 0.6) is 0 Å². The first-order valence-corrected chi connectivity index (χ1v) is 11.4. The van der Waals surface area contributed by atoms with Gasteiger partial charge in [-0.05, 0) is 61.2 Å². The Morgan fingerprint density at radius 2 is 1.69 bits per heavy atom. The Kier molecular flexibility index (Phi) is 9.70. The number of hydrogen-bond donors (Lipinski definition) is 0. The molecule has 0 amide bonds. The van der Waals surface area contributed by atoms with Crippen LogP contribution < -0.4 is 0 Å². The summed E-state index contributed by atoms with van der Waals surface area (Å²) in [4.78, 5) is 0. The average molecular weight is 361 g/mol. The molecule has 0 bridgehead atoms. The Hall–Kier alpha value is -0.520. The lowest BCUT2D eigenvalue weighted by Crippen LogP contribution is -2.22. The SMILES string of the molecule is CC1=CCC(C)(CCCC(C)CCC(C)C(C)(C)CCCC(C)C)C=C1. The van der Waals surface area contributed by atoms with Crippen molar-refractivity contribution in [1.82, 2.24) is 0 Å². The predicted molar refractivity (Wildman–Crippen MR) is 120 cm³/mol. The Labute approximate surface area is 165 Å². The van der Waals surface area contributed by atoms with Gasteiger partial charge in [-0.2, -0.15) is 0 Å². The van der Waals surface area contributed by atoms with E-state index in [2.05, 4.69) is 73.6 Å². The van der Waals surface area contributed by atoms with Crippen LogP contribution in [0.2, 0.25) is 0 Å². The summed E-state index contributed by atoms with van der Waals surface area (Å²) in [5.41, 5.74) is 2.34. The fraction of sp³-hybridized carbons (Fsp3) is 0.846. The molecular formula is C26H48. The molecule has 3 unspecified atom stereocenters. The zero-order valence-electron chi connectivity index (χ0n) is 19.3. The summed E-state index contributed by atoms with van der Waals surface area (Å²) in [6, 6.07) is 0. The number of rotatable bonds is 12. The van der Waals surface area contributed by atoms with Gasteiger partial charge in [-0.15, -0.1) is 0 Å². The molecule has 3 atom stereocenters. The largest absolute Gasteiger partial charge is 0.0808 e. The maximum Gasteiger partial charge on any atom is -0.0109 e. The van der Waals surface area contributed by atoms with Gasteiger partial charge in [0.05, 0.1) is 0 Å². The molecule has 152 valence electrons. The van der Waals surface area contributed by atoms with Crippen molar-refractivity contribution in [2.24, 2.45) is 28.6 Å². The van der Waals surface area contributed by atoms with E-state index < -0.39 is 0 Å². The summed E-state index contributed by atoms with van der Waals surface area (Å²) >= 11 is 0. The van der Waals surface area contributed by atoms with Gasteiger partial charge in [-0.25, -0.2) is 0 Å². The zero-order chi connectivity index (χ0) is 19.8. The number of allylic oxidation sites excluding steroid dienone is 4. The van der Waals surface area contributed by atoms with Crippen LogP contribution in [0.25, 0.3) is 0 Å². The van der Waals surface area contributed by atoms with E-state index in [9.17, 15) is 0 Å². The Bertz CT molecular complexity index is 451. The highest BCUT2D eigenvalue weighted by Crippen LogP contribution is 2.38. The Morgan fingerprint density at radius 3 is 2.27 bits per heavy atom. The second-order valence-corrected chi connectivity index (χ2v) is 10.9. The van der Waals surface area contributed by atoms with Crippen molar-refractivity contribution in [3.05, 3.63) is 23.8 Å². The summed E-state index contributed by atoms with van der Waals surface area (Å²) < 4.78 is 0. The normalized spacial score (nSPS) is 23.2. The summed E-state index contributed by atoms with van der Waals surface area (Å²) in [5.74, 6) is 2.56. The first-order valence-electron chi connectivity index (χ1n) is 11.4. The Morgan fingerprint density at radius 1 is 1.00 bits per heavy atom. The van der Waals surface area contributed by atoms with Gasteiger partial charge in [0.1, 0.15) is 0 Å². The molecule has 0 saturated heterocycles. The van der Waals surface area contributed by atoms with Crippen LogP contribution in [0.4, 0.5) is 0 Å². The van der Waals surface area contributed by atoms with E-state index in [1.54, 1.807) is 0 Å². The highest BCUT2D eigenvalue weighted by molar-refractivity contribution is 5.24. The lowest BCUT2D eigenvalue weighted by molar-refractivity contribution is 0.180. The quantitative estimate of drug-likeness (QED) is 0.326. The van der Waals surface area contributed by atoms with Gasteiger partial charge in [0, 0.05) is 0 Å². The molecule has 0 aromatic heterocycles. The molecule has 0 nitrogen and oxygen atoms in total. The minimum absolute atomic E-state index is 0.408. The maximum atomic E-state index is 2.49. The van der Waals surface area contributed by atoms with Crippen molar-refractivity contribution in [2.75, 3.05) is 0 Å². The van der Waals surface area contributed by atoms with E-state index in [4.69, 9.17) is 0 Å². The molecule has 0 spiro atoms. The van der Waals surface area contributed by atoms with Gasteiger partial charge in [-0.1, -0.05) is 104 Å². The van der Waals surface area contributed by atoms with Gasteiger partial charge < -0.3 is 0 Å². The predicted octanol–water partition coefficient (Wildman–Crippen LogP) is 8.97. The fourth-order valence-electron chi connectivity index (χ4n) is 4.18. The highest BCUT2D eigenvalue weighted by atomic mass is 14.3. The first-order chi connectivity index (χ1) is 12.0. The van der Waals surface area contributed by atoms with Crippen LogP contribution in [0.3, 0.4) is 0 Å². The molecule has 0 aliphatic heterocycles. The van der Waals surface area contributed by atoms with Crippen molar-refractivity contribution in [1.29, 1.82) is 0 Å². The minimum Gasteiger partial charge on any atom is -0.0808 e. The van der Waals surface area contributed by atoms with Crippen molar-refractivity contribution >= 4 is 0 Å². The molecule has 1 rings (SSSR count). The maximum absolute atomic E-state index is 2.49. The molecule has 1 aliphatic carbocycles. The first kappa shape index (κ1) is 23.5. The van der Waals surface area contributed by atoms with Crippen LogP contribution in [0.15, 0.2) is 23.8 Å². The molecule has 0 aromatic carbocycles. The van der Waals surface area contributed by atoms with Gasteiger partial charge in [0.25, 0.3) is 0 Å². The second-order valence-electron chi connectivity index (χ2n) is 10.9. The van der Waals surface area contributed by atoms with Crippen molar-refractivity contribution in [3.63, 3.8) is 0 Å². The average Bonchev–Trinajstić information content (AvgIpc) is 2.55. The smallest absolute Gasteiger partial charge is 0.0109 e. The van der Waals surface area contributed by atoms with Crippen molar-refractivity contribution in [2.45, 2.75) is 113 Å². The summed E-state index contributed by atoms with van der Waals surface area (Å²) in [6.45, 7) is 19.3. The van der Waals surface area contributed by atoms with Crippen LogP contribution in [-0.2, 0) is 0 Å². The molecule has 0 saturated carbocycles. The van der Waals surface area contributed by atoms with Crippen LogP contribution in [0, 0.1) is 28.6 Å². The third-order valence-corrected chi connectivity index (χ3v) is 7.11. The molecule has 26 heavy (non-hydrogen) atoms. The lowest BCUT2D eigenvalue weighted by Gasteiger charge is -2.33. The monoisotopic (exact) mass is 360 g/mol. The van der Waals surface area contributed by atoms with E-state index in [0.717, 1.165) is 17.8 Å². The second kappa shape index (κ2) is 10.7. The standard InChI is InChI=1S/C26H48/c1-21(2)11-9-17-25(6,7)24(5)14-13-22(3)12-10-18-26(8)19-15-23(4)16-20-26/h15-16,19,21-22,24H,9-14,17-18,20H2,1-8H3. The molecule has 0 heterocycles. The van der Waals surface area contributed by atoms with Gasteiger partial charge in [-0.3, -0.25) is 0 Å². The zero-order valence-corrected chi connectivity index (χ0v) is 19.3. The van der Waals surface area contributed by atoms with Crippen LogP contribution >= 0.6 is 0 Å². The Balaban J connectivity index is 2.24. The topological polar surface area (TPSA) is 0 Å². The van der Waals surface area contributed by atoms with Crippen molar-refractivity contribution < 1.29 is 0 Å². The van der Waals surface area contributed by atoms with Gasteiger partial charge in [0.2, 0.25) is 0 Å². The lowest BCUT2D eigenvalue weighted by atomic mass is 9.72. The van der Waals surface area contributed by atoms with Crippen molar-refractivity contribution in [3.8, 4) is 0 Å². The molecule has 0 radical (unpaired) electrons. The van der Waals surface area contributed by atoms with E-state index in [1.807, 2.05) is 0 Å². The van der Waals surface area contributed by atoms with Gasteiger partial charge in [0.15, 0.2) is 0 Å². The van der Waals surface area contributed by atoms with Crippen LogP contribution in [0.1, 0.15) is 113 Å². The van der Waals surface area contributed by atoms with E-state index >= 15 is 0 Å². The summed E-state index contributed by atoms with van der Waals surface area (Å²) in [6.07, 6.45) is 19.5.